The van der Waals surface area contributed by atoms with Gasteiger partial charge in [-0.1, -0.05) is 6.07 Å². The molecule has 11 heteroatoms. The maximum atomic E-state index is 13.0. The number of hydrogen-bond donors (Lipinski definition) is 2. The largest absolute Gasteiger partial charge is 0.497 e. The van der Waals surface area contributed by atoms with Gasteiger partial charge in [0.1, 0.15) is 29.6 Å². The van der Waals surface area contributed by atoms with E-state index in [4.69, 9.17) is 9.47 Å². The summed E-state index contributed by atoms with van der Waals surface area (Å²) in [7, 11) is 4.89. The molecule has 0 bridgehead atoms. The highest BCUT2D eigenvalue weighted by Gasteiger charge is 2.20. The van der Waals surface area contributed by atoms with Crippen molar-refractivity contribution < 1.29 is 14.3 Å². The molecule has 4 aromatic rings. The van der Waals surface area contributed by atoms with Crippen molar-refractivity contribution in [3.05, 3.63) is 78.0 Å². The van der Waals surface area contributed by atoms with Crippen LogP contribution in [0.4, 0.5) is 5.69 Å². The van der Waals surface area contributed by atoms with Gasteiger partial charge in [0, 0.05) is 36.1 Å². The molecule has 11 nitrogen and oxygen atoms in total. The minimum Gasteiger partial charge on any atom is -0.497 e. The van der Waals surface area contributed by atoms with Gasteiger partial charge >= 0.3 is 0 Å². The fourth-order valence-corrected chi connectivity index (χ4v) is 3.56. The summed E-state index contributed by atoms with van der Waals surface area (Å²) in [6.45, 7) is 0.378. The first-order valence-electron chi connectivity index (χ1n) is 10.9. The van der Waals surface area contributed by atoms with Crippen molar-refractivity contribution in [1.82, 2.24) is 30.0 Å². The Hall–Kier alpha value is -4.98. The van der Waals surface area contributed by atoms with E-state index >= 15 is 0 Å². The number of benzene rings is 2. The van der Waals surface area contributed by atoms with Gasteiger partial charge in [-0.15, -0.1) is 10.2 Å². The number of nitrogens with zero attached hydrogens (tertiary/aromatic N) is 6. The van der Waals surface area contributed by atoms with Gasteiger partial charge in [0.2, 0.25) is 0 Å². The number of amides is 1. The second-order valence-electron chi connectivity index (χ2n) is 7.67. The van der Waals surface area contributed by atoms with Crippen LogP contribution < -0.4 is 20.1 Å². The average molecular weight is 485 g/mol. The molecule has 1 amide bonds. The van der Waals surface area contributed by atoms with Gasteiger partial charge in [0.05, 0.1) is 26.8 Å². The maximum Gasteiger partial charge on any atom is 0.252 e. The Morgan fingerprint density at radius 3 is 2.72 bits per heavy atom. The van der Waals surface area contributed by atoms with Crippen LogP contribution in [-0.4, -0.2) is 44.9 Å². The van der Waals surface area contributed by atoms with Crippen LogP contribution in [-0.2, 0) is 13.6 Å². The van der Waals surface area contributed by atoms with Crippen LogP contribution in [0, 0.1) is 11.3 Å². The zero-order chi connectivity index (χ0) is 25.5. The van der Waals surface area contributed by atoms with Crippen LogP contribution in [0.5, 0.6) is 11.5 Å². The number of nitriles is 1. The lowest BCUT2D eigenvalue weighted by molar-refractivity contribution is 0.0945. The summed E-state index contributed by atoms with van der Waals surface area (Å²) in [5.74, 6) is 1.95. The van der Waals surface area contributed by atoms with Crippen LogP contribution in [0.3, 0.4) is 0 Å². The minimum absolute atomic E-state index is 0.378. The second-order valence-corrected chi connectivity index (χ2v) is 7.67. The van der Waals surface area contributed by atoms with Crippen LogP contribution >= 0.6 is 0 Å². The molecule has 0 aliphatic heterocycles. The number of methoxy groups -OCH3 is 2. The quantitative estimate of drug-likeness (QED) is 0.367. The third-order valence-electron chi connectivity index (χ3n) is 5.51. The maximum absolute atomic E-state index is 13.0. The molecule has 2 heterocycles. The first-order valence-corrected chi connectivity index (χ1v) is 10.9. The van der Waals surface area contributed by atoms with Crippen molar-refractivity contribution in [3.8, 4) is 29.1 Å². The summed E-state index contributed by atoms with van der Waals surface area (Å²) in [5, 5.41) is 24.2. The van der Waals surface area contributed by atoms with Crippen molar-refractivity contribution in [3.63, 3.8) is 0 Å². The zero-order valence-corrected chi connectivity index (χ0v) is 20.0. The zero-order valence-electron chi connectivity index (χ0n) is 20.0. The predicted octanol–water partition coefficient (Wildman–Crippen LogP) is 2.90. The average Bonchev–Trinajstić information content (AvgIpc) is 3.30. The smallest absolute Gasteiger partial charge is 0.252 e. The van der Waals surface area contributed by atoms with Crippen molar-refractivity contribution >= 4 is 11.6 Å². The number of hydrogen-bond acceptors (Lipinski definition) is 9. The van der Waals surface area contributed by atoms with Crippen molar-refractivity contribution in [2.24, 2.45) is 7.05 Å². The third-order valence-corrected chi connectivity index (χ3v) is 5.51. The topological polar surface area (TPSA) is 140 Å². The standard InChI is InChI=1S/C25H24N8O3/c1-33-23(31-32-24(33)20-9-10-27-15-29-20)14-28-17-6-4-5-16(11-17)25(34)30-21(13-26)19-8-7-18(35-2)12-22(19)36-3/h4-12,15,21,28H,14H2,1-3H3,(H,30,34)/t21-/m1/s1. The Labute approximate surface area is 207 Å². The lowest BCUT2D eigenvalue weighted by Crippen LogP contribution is -2.28. The van der Waals surface area contributed by atoms with Crippen LogP contribution in [0.2, 0.25) is 0 Å². The van der Waals surface area contributed by atoms with E-state index < -0.39 is 11.9 Å². The molecule has 36 heavy (non-hydrogen) atoms. The van der Waals surface area contributed by atoms with Crippen LogP contribution in [0.25, 0.3) is 11.5 Å². The van der Waals surface area contributed by atoms with Crippen molar-refractivity contribution in [1.29, 1.82) is 5.26 Å². The Balaban J connectivity index is 1.45. The summed E-state index contributed by atoms with van der Waals surface area (Å²) >= 11 is 0. The number of anilines is 1. The van der Waals surface area contributed by atoms with E-state index in [2.05, 4.69) is 36.9 Å². The lowest BCUT2D eigenvalue weighted by Gasteiger charge is -2.16. The molecule has 0 spiro atoms. The summed E-state index contributed by atoms with van der Waals surface area (Å²) in [5.41, 5.74) is 2.31. The fourth-order valence-electron chi connectivity index (χ4n) is 3.56. The van der Waals surface area contributed by atoms with Gasteiger partial charge in [-0.05, 0) is 36.4 Å². The Bertz CT molecular complexity index is 1400. The predicted molar refractivity (Wildman–Crippen MR) is 131 cm³/mol. The molecule has 0 saturated heterocycles. The molecule has 0 radical (unpaired) electrons. The second kappa shape index (κ2) is 11.0. The number of ether oxygens (including phenoxy) is 2. The lowest BCUT2D eigenvalue weighted by atomic mass is 10.1. The molecule has 2 N–H and O–H groups in total. The number of rotatable bonds is 9. The van der Waals surface area contributed by atoms with Gasteiger partial charge in [0.25, 0.3) is 5.91 Å². The van der Waals surface area contributed by atoms with Gasteiger partial charge in [-0.3, -0.25) is 4.79 Å². The van der Waals surface area contributed by atoms with Crippen molar-refractivity contribution in [2.75, 3.05) is 19.5 Å². The highest BCUT2D eigenvalue weighted by Crippen LogP contribution is 2.29. The summed E-state index contributed by atoms with van der Waals surface area (Å²) in [6, 6.07) is 15.0. The third kappa shape index (κ3) is 5.23. The molecule has 2 aromatic heterocycles. The molecule has 0 saturated carbocycles. The summed E-state index contributed by atoms with van der Waals surface area (Å²) in [6.07, 6.45) is 3.10. The summed E-state index contributed by atoms with van der Waals surface area (Å²) in [4.78, 5) is 21.1. The number of carbonyl (C=O) groups excluding carboxylic acids is 1. The van der Waals surface area contributed by atoms with E-state index in [1.807, 2.05) is 17.7 Å². The Morgan fingerprint density at radius 1 is 1.14 bits per heavy atom. The fraction of sp³-hybridized carbons (Fsp3) is 0.200. The molecule has 0 unspecified atom stereocenters. The molecule has 1 atom stereocenters. The first kappa shape index (κ1) is 24.2. The van der Waals surface area contributed by atoms with E-state index in [9.17, 15) is 10.1 Å². The van der Waals surface area contributed by atoms with Crippen molar-refractivity contribution in [2.45, 2.75) is 12.6 Å². The molecular formula is C25H24N8O3. The molecular weight excluding hydrogens is 460 g/mol. The normalized spacial score (nSPS) is 11.3. The SMILES string of the molecule is COc1ccc([C@@H](C#N)NC(=O)c2cccc(NCc3nnc(-c4ccncn4)n3C)c2)c(OC)c1. The molecule has 0 fully saturated rings. The molecule has 2 aromatic carbocycles. The van der Waals surface area contributed by atoms with E-state index in [1.54, 1.807) is 55.8 Å². The number of nitrogens with one attached hydrogen (secondary N) is 2. The first-order chi connectivity index (χ1) is 17.5. The summed E-state index contributed by atoms with van der Waals surface area (Å²) < 4.78 is 12.4. The highest BCUT2D eigenvalue weighted by atomic mass is 16.5. The Kier molecular flexibility index (Phi) is 7.36. The Morgan fingerprint density at radius 2 is 2.00 bits per heavy atom. The molecule has 0 aliphatic rings. The monoisotopic (exact) mass is 484 g/mol. The van der Waals surface area contributed by atoms with E-state index in [1.165, 1.54) is 13.4 Å². The van der Waals surface area contributed by atoms with Gasteiger partial charge in [-0.2, -0.15) is 5.26 Å². The van der Waals surface area contributed by atoms with Crippen LogP contribution in [0.1, 0.15) is 27.8 Å². The van der Waals surface area contributed by atoms with E-state index in [0.717, 1.165) is 0 Å². The minimum atomic E-state index is -0.908. The van der Waals surface area contributed by atoms with Gasteiger partial charge < -0.3 is 24.7 Å². The molecule has 0 aliphatic carbocycles. The van der Waals surface area contributed by atoms with E-state index in [0.29, 0.717) is 52.2 Å². The van der Waals surface area contributed by atoms with Crippen LogP contribution in [0.15, 0.2) is 61.1 Å². The molecule has 182 valence electrons. The highest BCUT2D eigenvalue weighted by molar-refractivity contribution is 5.95. The molecule has 4 rings (SSSR count). The number of aromatic nitrogens is 5. The van der Waals surface area contributed by atoms with Gasteiger partial charge in [0.15, 0.2) is 11.6 Å². The van der Waals surface area contributed by atoms with E-state index in [-0.39, 0.29) is 0 Å². The van der Waals surface area contributed by atoms with Gasteiger partial charge in [-0.25, -0.2) is 9.97 Å². The number of carbonyl (C=O) groups is 1.